The van der Waals surface area contributed by atoms with Gasteiger partial charge in [-0.25, -0.2) is 4.98 Å². The van der Waals surface area contributed by atoms with Gasteiger partial charge in [-0.1, -0.05) is 71.9 Å². The van der Waals surface area contributed by atoms with Crippen molar-refractivity contribution in [2.45, 2.75) is 25.2 Å². The second-order valence-corrected chi connectivity index (χ2v) is 8.83. The van der Waals surface area contributed by atoms with Gasteiger partial charge < -0.3 is 15.2 Å². The lowest BCUT2D eigenvalue weighted by Crippen LogP contribution is -2.25. The molecule has 3 aromatic carbocycles. The number of imidazole rings is 1. The van der Waals surface area contributed by atoms with E-state index in [0.29, 0.717) is 22.4 Å². The van der Waals surface area contributed by atoms with Gasteiger partial charge in [0.15, 0.2) is 5.16 Å². The number of amides is 2. The predicted molar refractivity (Wildman–Crippen MR) is 134 cm³/mol. The molecule has 4 rings (SSSR count). The van der Waals surface area contributed by atoms with Crippen molar-refractivity contribution < 1.29 is 9.59 Å². The fourth-order valence-corrected chi connectivity index (χ4v) is 4.39. The third kappa shape index (κ3) is 5.74. The fraction of sp³-hybridized carbons (Fsp3) is 0.160. The largest absolute Gasteiger partial charge is 0.351 e. The van der Waals surface area contributed by atoms with Gasteiger partial charge in [-0.15, -0.1) is 0 Å². The fourth-order valence-electron chi connectivity index (χ4n) is 3.37. The average molecular weight is 479 g/mol. The van der Waals surface area contributed by atoms with Crippen molar-refractivity contribution in [2.75, 3.05) is 11.1 Å². The van der Waals surface area contributed by atoms with Crippen LogP contribution in [0.5, 0.6) is 0 Å². The van der Waals surface area contributed by atoms with Gasteiger partial charge in [0.2, 0.25) is 11.8 Å². The Labute approximate surface area is 201 Å². The van der Waals surface area contributed by atoms with E-state index in [9.17, 15) is 9.59 Å². The normalized spacial score (nSPS) is 10.8. The first kappa shape index (κ1) is 22.9. The van der Waals surface area contributed by atoms with Crippen LogP contribution in [0.25, 0.3) is 11.0 Å². The van der Waals surface area contributed by atoms with Crippen LogP contribution in [0.1, 0.15) is 11.1 Å². The molecule has 6 nitrogen and oxygen atoms in total. The standard InChI is InChI=1S/C25H23ClN4O2S/c1-17-19(26)10-7-12-20(17)28-23(31)15-30-22-13-6-5-11-21(22)29-25(30)33-16-24(32)27-14-18-8-3-2-4-9-18/h2-13H,14-16H2,1H3,(H,27,32)(H,28,31). The molecule has 0 atom stereocenters. The van der Waals surface area contributed by atoms with E-state index in [0.717, 1.165) is 22.2 Å². The molecule has 4 aromatic rings. The van der Waals surface area contributed by atoms with E-state index in [2.05, 4.69) is 15.6 Å². The summed E-state index contributed by atoms with van der Waals surface area (Å²) in [6.45, 7) is 2.40. The lowest BCUT2D eigenvalue weighted by molar-refractivity contribution is -0.118. The molecule has 0 fully saturated rings. The Morgan fingerprint density at radius 2 is 1.73 bits per heavy atom. The molecule has 0 bridgehead atoms. The SMILES string of the molecule is Cc1c(Cl)cccc1NC(=O)Cn1c(SCC(=O)NCc2ccccc2)nc2ccccc21. The summed E-state index contributed by atoms with van der Waals surface area (Å²) in [4.78, 5) is 29.9. The van der Waals surface area contributed by atoms with Gasteiger partial charge in [0.25, 0.3) is 0 Å². The molecule has 0 saturated heterocycles. The number of fused-ring (bicyclic) bond motifs is 1. The molecule has 1 heterocycles. The highest BCUT2D eigenvalue weighted by Gasteiger charge is 2.16. The molecule has 0 radical (unpaired) electrons. The minimum absolute atomic E-state index is 0.0699. The van der Waals surface area contributed by atoms with Crippen molar-refractivity contribution in [1.29, 1.82) is 0 Å². The summed E-state index contributed by atoms with van der Waals surface area (Å²) in [6, 6.07) is 22.8. The minimum atomic E-state index is -0.195. The van der Waals surface area contributed by atoms with Gasteiger partial charge in [0, 0.05) is 17.3 Å². The molecule has 2 N–H and O–H groups in total. The number of para-hydroxylation sites is 2. The third-order valence-electron chi connectivity index (χ3n) is 5.13. The Morgan fingerprint density at radius 1 is 0.970 bits per heavy atom. The van der Waals surface area contributed by atoms with Gasteiger partial charge in [-0.05, 0) is 42.3 Å². The number of nitrogens with zero attached hydrogens (tertiary/aromatic N) is 2. The van der Waals surface area contributed by atoms with Gasteiger partial charge in [0.1, 0.15) is 6.54 Å². The molecule has 0 aliphatic carbocycles. The second-order valence-electron chi connectivity index (χ2n) is 7.48. The first-order valence-electron chi connectivity index (χ1n) is 10.4. The average Bonchev–Trinajstić information content (AvgIpc) is 3.17. The molecular weight excluding hydrogens is 456 g/mol. The highest BCUT2D eigenvalue weighted by Crippen LogP contribution is 2.26. The maximum atomic E-state index is 12.8. The number of carbonyl (C=O) groups is 2. The number of rotatable bonds is 8. The summed E-state index contributed by atoms with van der Waals surface area (Å²) >= 11 is 7.48. The zero-order chi connectivity index (χ0) is 23.2. The molecule has 33 heavy (non-hydrogen) atoms. The highest BCUT2D eigenvalue weighted by molar-refractivity contribution is 7.99. The van der Waals surface area contributed by atoms with Crippen molar-refractivity contribution in [3.63, 3.8) is 0 Å². The topological polar surface area (TPSA) is 76.0 Å². The molecule has 0 saturated carbocycles. The van der Waals surface area contributed by atoms with E-state index in [1.807, 2.05) is 72.2 Å². The number of hydrogen-bond acceptors (Lipinski definition) is 4. The van der Waals surface area contributed by atoms with Gasteiger partial charge in [-0.2, -0.15) is 0 Å². The molecule has 0 aliphatic rings. The smallest absolute Gasteiger partial charge is 0.244 e. The van der Waals surface area contributed by atoms with E-state index >= 15 is 0 Å². The third-order valence-corrected chi connectivity index (χ3v) is 6.51. The van der Waals surface area contributed by atoms with Crippen LogP contribution in [0.2, 0.25) is 5.02 Å². The Hall–Kier alpha value is -3.29. The van der Waals surface area contributed by atoms with Crippen LogP contribution >= 0.6 is 23.4 Å². The number of nitrogens with one attached hydrogen (secondary N) is 2. The van der Waals surface area contributed by atoms with Crippen LogP contribution in [0.15, 0.2) is 78.0 Å². The first-order chi connectivity index (χ1) is 16.0. The quantitative estimate of drug-likeness (QED) is 0.348. The van der Waals surface area contributed by atoms with E-state index < -0.39 is 0 Å². The summed E-state index contributed by atoms with van der Waals surface area (Å²) in [7, 11) is 0. The Bertz CT molecular complexity index is 1290. The van der Waals surface area contributed by atoms with Crippen LogP contribution in [-0.4, -0.2) is 27.1 Å². The Kier molecular flexibility index (Phi) is 7.32. The molecule has 0 unspecified atom stereocenters. The van der Waals surface area contributed by atoms with Crippen LogP contribution in [0.3, 0.4) is 0 Å². The number of anilines is 1. The maximum Gasteiger partial charge on any atom is 0.244 e. The Balaban J connectivity index is 1.45. The molecule has 2 amide bonds. The zero-order valence-electron chi connectivity index (χ0n) is 18.0. The summed E-state index contributed by atoms with van der Waals surface area (Å²) in [6.07, 6.45) is 0. The van der Waals surface area contributed by atoms with Crippen molar-refractivity contribution in [1.82, 2.24) is 14.9 Å². The van der Waals surface area contributed by atoms with Crippen LogP contribution in [0.4, 0.5) is 5.69 Å². The van der Waals surface area contributed by atoms with Gasteiger partial charge in [0.05, 0.1) is 16.8 Å². The molecule has 8 heteroatoms. The minimum Gasteiger partial charge on any atom is -0.351 e. The summed E-state index contributed by atoms with van der Waals surface area (Å²) in [5.74, 6) is -0.0918. The van der Waals surface area contributed by atoms with Gasteiger partial charge in [-0.3, -0.25) is 9.59 Å². The molecule has 1 aromatic heterocycles. The van der Waals surface area contributed by atoms with E-state index in [4.69, 9.17) is 11.6 Å². The number of benzene rings is 3. The number of halogens is 1. The van der Waals surface area contributed by atoms with Crippen molar-refractivity contribution in [3.05, 3.63) is 88.9 Å². The Morgan fingerprint density at radius 3 is 2.55 bits per heavy atom. The van der Waals surface area contributed by atoms with Crippen LogP contribution < -0.4 is 10.6 Å². The molecular formula is C25H23ClN4O2S. The number of hydrogen-bond donors (Lipinski definition) is 2. The monoisotopic (exact) mass is 478 g/mol. The highest BCUT2D eigenvalue weighted by atomic mass is 35.5. The molecule has 0 aliphatic heterocycles. The number of thioether (sulfide) groups is 1. The van der Waals surface area contributed by atoms with Crippen molar-refractivity contribution in [3.8, 4) is 0 Å². The first-order valence-corrected chi connectivity index (χ1v) is 11.8. The number of carbonyl (C=O) groups excluding carboxylic acids is 2. The lowest BCUT2D eigenvalue weighted by atomic mass is 10.2. The number of aromatic nitrogens is 2. The van der Waals surface area contributed by atoms with Crippen molar-refractivity contribution >= 4 is 51.9 Å². The molecule has 0 spiro atoms. The lowest BCUT2D eigenvalue weighted by Gasteiger charge is -2.12. The van der Waals surface area contributed by atoms with Crippen LogP contribution in [0, 0.1) is 6.92 Å². The summed E-state index contributed by atoms with van der Waals surface area (Å²) < 4.78 is 1.83. The molecule has 168 valence electrons. The zero-order valence-corrected chi connectivity index (χ0v) is 19.6. The second kappa shape index (κ2) is 10.6. The predicted octanol–water partition coefficient (Wildman–Crippen LogP) is 5.05. The van der Waals surface area contributed by atoms with Crippen molar-refractivity contribution in [2.24, 2.45) is 0 Å². The maximum absolute atomic E-state index is 12.8. The summed E-state index contributed by atoms with van der Waals surface area (Å²) in [5.41, 5.74) is 4.13. The van der Waals surface area contributed by atoms with Gasteiger partial charge >= 0.3 is 0 Å². The summed E-state index contributed by atoms with van der Waals surface area (Å²) in [5, 5.41) is 7.05. The van der Waals surface area contributed by atoms with E-state index in [1.54, 1.807) is 12.1 Å². The van der Waals surface area contributed by atoms with E-state index in [-0.39, 0.29) is 24.1 Å². The van der Waals surface area contributed by atoms with E-state index in [1.165, 1.54) is 11.8 Å². The van der Waals surface area contributed by atoms with Crippen LogP contribution in [-0.2, 0) is 22.7 Å².